The number of hydrogen-bond donors (Lipinski definition) is 2. The Morgan fingerprint density at radius 1 is 0.838 bits per heavy atom. The molecular weight excluding hydrogens is 884 g/mol. The van der Waals surface area contributed by atoms with Crippen LogP contribution in [-0.2, 0) is 19.1 Å². The number of fused-ring (bicyclic) bond motifs is 5. The highest BCUT2D eigenvalue weighted by Gasteiger charge is 2.41. The predicted octanol–water partition coefficient (Wildman–Crippen LogP) is 9.01. The number of thiazole rings is 1. The molecule has 0 radical (unpaired) electrons. The number of amides is 4. The second-order valence-corrected chi connectivity index (χ2v) is 20.7. The Bertz CT molecular complexity index is 2840. The molecule has 68 heavy (non-hydrogen) atoms. The topological polar surface area (TPSA) is 160 Å². The van der Waals surface area contributed by atoms with Gasteiger partial charge in [0.05, 0.1) is 45.9 Å². The van der Waals surface area contributed by atoms with E-state index in [1.54, 1.807) is 30.5 Å². The van der Waals surface area contributed by atoms with Crippen LogP contribution in [0.2, 0.25) is 0 Å². The highest BCUT2D eigenvalue weighted by molar-refractivity contribution is 7.11. The molecule has 2 N–H and O–H groups in total. The summed E-state index contributed by atoms with van der Waals surface area (Å²) in [6.07, 6.45) is 11.2. The van der Waals surface area contributed by atoms with E-state index in [2.05, 4.69) is 33.4 Å². The molecule has 4 amide bonds. The number of rotatable bonds is 13. The molecule has 5 aliphatic heterocycles. The van der Waals surface area contributed by atoms with E-state index >= 15 is 4.39 Å². The lowest BCUT2D eigenvalue weighted by molar-refractivity contribution is -0.137. The molecule has 2 saturated heterocycles. The molecule has 1 saturated carbocycles. The molecule has 14 nitrogen and oxygen atoms in total. The van der Waals surface area contributed by atoms with Crippen molar-refractivity contribution in [2.45, 2.75) is 129 Å². The highest BCUT2D eigenvalue weighted by Crippen LogP contribution is 2.50. The zero-order valence-corrected chi connectivity index (χ0v) is 40.3. The number of allylic oxidation sites excluding steroid dienone is 2. The predicted molar refractivity (Wildman–Crippen MR) is 261 cm³/mol. The molecule has 3 fully saturated rings. The van der Waals surface area contributed by atoms with E-state index < -0.39 is 30.2 Å². The quantitative estimate of drug-likeness (QED) is 0.135. The molecular formula is C52H59FN8O6S. The van der Waals surface area contributed by atoms with E-state index in [-0.39, 0.29) is 41.6 Å². The van der Waals surface area contributed by atoms with E-state index in [0.717, 1.165) is 87.4 Å². The van der Waals surface area contributed by atoms with E-state index in [0.29, 0.717) is 60.8 Å². The van der Waals surface area contributed by atoms with Gasteiger partial charge in [-0.1, -0.05) is 40.7 Å². The summed E-state index contributed by atoms with van der Waals surface area (Å²) in [5.74, 6) is -0.0831. The lowest BCUT2D eigenvalue weighted by Gasteiger charge is -2.31. The molecule has 356 valence electrons. The summed E-state index contributed by atoms with van der Waals surface area (Å²) in [6, 6.07) is 10.1. The SMILES string of the molecule is CCC(=O)N[C@H](C(=O)N1CCC[C@H]1C1=NC=C(c2cc(F)c3c(c2)O[C@@H](c2cnc(C4CC4)s2)n2c-3cc3cc(C4=CN=C([C@@H]5CCCN5C(=O)[C@@H](NC(=O)OC)C(C)C)C4)ccc32)C1)C(C)C. The van der Waals surface area contributed by atoms with Gasteiger partial charge in [0.1, 0.15) is 23.7 Å². The molecule has 0 unspecified atom stereocenters. The Hall–Kier alpha value is -6.16. The fourth-order valence-corrected chi connectivity index (χ4v) is 11.6. The Morgan fingerprint density at radius 3 is 2.07 bits per heavy atom. The van der Waals surface area contributed by atoms with Crippen LogP contribution in [0.5, 0.6) is 5.75 Å². The first-order valence-corrected chi connectivity index (χ1v) is 25.0. The third-order valence-corrected chi connectivity index (χ3v) is 15.6. The molecule has 5 atom stereocenters. The number of nitrogens with zero attached hydrogens (tertiary/aromatic N) is 6. The number of benzene rings is 2. The van der Waals surface area contributed by atoms with Gasteiger partial charge in [-0.15, -0.1) is 11.3 Å². The monoisotopic (exact) mass is 942 g/mol. The van der Waals surface area contributed by atoms with Crippen LogP contribution in [0.15, 0.2) is 65.0 Å². The van der Waals surface area contributed by atoms with Gasteiger partial charge in [0.15, 0.2) is 0 Å². The maximum atomic E-state index is 16.9. The van der Waals surface area contributed by atoms with Crippen molar-refractivity contribution in [3.8, 4) is 17.0 Å². The number of carbonyl (C=O) groups excluding carboxylic acids is 4. The summed E-state index contributed by atoms with van der Waals surface area (Å²) in [7, 11) is 1.29. The summed E-state index contributed by atoms with van der Waals surface area (Å²) < 4.78 is 30.8. The largest absolute Gasteiger partial charge is 0.464 e. The van der Waals surface area contributed by atoms with Crippen LogP contribution in [-0.4, -0.2) is 99.0 Å². The van der Waals surface area contributed by atoms with Crippen molar-refractivity contribution < 1.29 is 33.0 Å². The number of halogens is 1. The summed E-state index contributed by atoms with van der Waals surface area (Å²) >= 11 is 1.65. The number of ether oxygens (including phenoxy) is 2. The molecule has 0 spiro atoms. The second-order valence-electron chi connectivity index (χ2n) is 19.6. The number of alkyl carbamates (subject to hydrolysis) is 1. The lowest BCUT2D eigenvalue weighted by Crippen LogP contribution is -2.53. The van der Waals surface area contributed by atoms with Crippen LogP contribution < -0.4 is 15.4 Å². The molecule has 2 aromatic carbocycles. The normalized spacial score (nSPS) is 21.8. The first-order chi connectivity index (χ1) is 32.8. The van der Waals surface area contributed by atoms with Crippen LogP contribution in [0.3, 0.4) is 0 Å². The minimum atomic E-state index is -0.709. The van der Waals surface area contributed by atoms with E-state index in [9.17, 15) is 19.2 Å². The van der Waals surface area contributed by atoms with Crippen LogP contribution in [0, 0.1) is 17.7 Å². The van der Waals surface area contributed by atoms with Gasteiger partial charge in [-0.3, -0.25) is 28.9 Å². The van der Waals surface area contributed by atoms with E-state index in [1.165, 1.54) is 7.11 Å². The third-order valence-electron chi connectivity index (χ3n) is 14.4. The number of likely N-dealkylation sites (tertiary alicyclic amines) is 2. The molecule has 16 heteroatoms. The van der Waals surface area contributed by atoms with Gasteiger partial charge in [-0.2, -0.15) is 0 Å². The Morgan fingerprint density at radius 2 is 1.47 bits per heavy atom. The summed E-state index contributed by atoms with van der Waals surface area (Å²) in [5, 5.41) is 7.68. The van der Waals surface area contributed by atoms with Gasteiger partial charge >= 0.3 is 6.09 Å². The molecule has 6 aliphatic rings. The number of aromatic nitrogens is 2. The lowest BCUT2D eigenvalue weighted by atomic mass is 9.95. The van der Waals surface area contributed by atoms with Crippen molar-refractivity contribution in [3.05, 3.63) is 81.8 Å². The van der Waals surface area contributed by atoms with Crippen LogP contribution in [0.25, 0.3) is 33.3 Å². The number of methoxy groups -OCH3 is 1. The number of hydrogen-bond acceptors (Lipinski definition) is 10. The third kappa shape index (κ3) is 8.42. The molecule has 10 rings (SSSR count). The van der Waals surface area contributed by atoms with Gasteiger partial charge in [0, 0.05) is 73.7 Å². The van der Waals surface area contributed by atoms with Crippen molar-refractivity contribution in [1.29, 1.82) is 0 Å². The highest BCUT2D eigenvalue weighted by atomic mass is 32.1. The average molecular weight is 943 g/mol. The van der Waals surface area contributed by atoms with Crippen molar-refractivity contribution in [2.75, 3.05) is 20.2 Å². The Labute approximate surface area is 399 Å². The molecule has 7 heterocycles. The number of nitrogens with one attached hydrogen (secondary N) is 2. The van der Waals surface area contributed by atoms with Gasteiger partial charge in [0.25, 0.3) is 0 Å². The van der Waals surface area contributed by atoms with E-state index in [4.69, 9.17) is 24.4 Å². The zero-order chi connectivity index (χ0) is 47.5. The maximum Gasteiger partial charge on any atom is 0.407 e. The van der Waals surface area contributed by atoms with Crippen LogP contribution in [0.1, 0.15) is 126 Å². The van der Waals surface area contributed by atoms with Crippen molar-refractivity contribution in [3.63, 3.8) is 0 Å². The van der Waals surface area contributed by atoms with Gasteiger partial charge in [-0.05, 0) is 103 Å². The average Bonchev–Trinajstić information content (AvgIpc) is 4.05. The van der Waals surface area contributed by atoms with Crippen molar-refractivity contribution >= 4 is 68.6 Å². The van der Waals surface area contributed by atoms with Gasteiger partial charge in [-0.25, -0.2) is 14.2 Å². The van der Waals surface area contributed by atoms with Gasteiger partial charge in [0.2, 0.25) is 23.9 Å². The second kappa shape index (κ2) is 18.4. The fraction of sp³-hybridized carbons (Fsp3) is 0.481. The minimum absolute atomic E-state index is 0.0732. The summed E-state index contributed by atoms with van der Waals surface area (Å²) in [5.41, 5.74) is 7.30. The van der Waals surface area contributed by atoms with Crippen LogP contribution >= 0.6 is 11.3 Å². The maximum absolute atomic E-state index is 16.9. The van der Waals surface area contributed by atoms with Crippen LogP contribution in [0.4, 0.5) is 9.18 Å². The Kier molecular flexibility index (Phi) is 12.3. The number of carbonyl (C=O) groups is 4. The summed E-state index contributed by atoms with van der Waals surface area (Å²) in [6.45, 7) is 10.7. The zero-order valence-electron chi connectivity index (χ0n) is 39.5. The van der Waals surface area contributed by atoms with E-state index in [1.807, 2.05) is 62.0 Å². The van der Waals surface area contributed by atoms with Crippen molar-refractivity contribution in [2.24, 2.45) is 21.8 Å². The minimum Gasteiger partial charge on any atom is -0.464 e. The smallest absolute Gasteiger partial charge is 0.407 e. The first-order valence-electron chi connectivity index (χ1n) is 24.2. The summed E-state index contributed by atoms with van der Waals surface area (Å²) in [4.78, 5) is 71.4. The fourth-order valence-electron chi connectivity index (χ4n) is 10.5. The van der Waals surface area contributed by atoms with Crippen molar-refractivity contribution in [1.82, 2.24) is 30.0 Å². The molecule has 2 aromatic heterocycles. The first kappa shape index (κ1) is 45.6. The molecule has 4 aromatic rings. The molecule has 0 bridgehead atoms. The van der Waals surface area contributed by atoms with Gasteiger partial charge < -0.3 is 29.9 Å². The standard InChI is InChI=1S/C52H59FN8O6S/c1-7-44(62)57-46(27(2)3)49(63)59-16-8-11-40(59)37-21-34(25-55-37)31-19-35(53)45-41-22-32-18-30(14-15-38(32)61(41)51(67-42(45)23-31)43-26-56-48(68-43)29-12-13-29)33-20-36(54-24-33)39-10-9-17-60(39)50(64)47(28(4)5)58-52(65)66-6/h14-15,18-19,22-29,39-40,46-47,51H,7-13,16-17,20-21H2,1-6H3,(H,57,62)(H,58,65)/t39-,40-,46-,47-,51-/m0/s1. The number of aliphatic imine (C=N–C) groups is 2. The Balaban J connectivity index is 0.913. The molecule has 1 aliphatic carbocycles.